The quantitative estimate of drug-likeness (QED) is 0.272. The number of benzene rings is 2. The number of carboxylic acid groups (broad SMARTS) is 1. The zero-order valence-corrected chi connectivity index (χ0v) is 15.2. The fraction of sp³-hybridized carbons (Fsp3) is 0. The number of hydrogen-bond acceptors (Lipinski definition) is 6. The van der Waals surface area contributed by atoms with Crippen LogP contribution in [0.2, 0.25) is 0 Å². The van der Waals surface area contributed by atoms with Crippen molar-refractivity contribution in [1.29, 1.82) is 5.26 Å². The normalized spacial score (nSPS) is 10.8. The molecule has 0 bridgehead atoms. The van der Waals surface area contributed by atoms with Crippen LogP contribution >= 0.6 is 0 Å². The number of rotatable bonds is 6. The molecule has 0 aliphatic rings. The van der Waals surface area contributed by atoms with Crippen LogP contribution in [0.15, 0.2) is 70.7 Å². The number of anilines is 1. The summed E-state index contributed by atoms with van der Waals surface area (Å²) in [6.45, 7) is 0. The number of nitrogens with zero attached hydrogens (tertiary/aromatic N) is 2. The third-order valence-electron chi connectivity index (χ3n) is 4.03. The van der Waals surface area contributed by atoms with Crippen LogP contribution < -0.4 is 5.32 Å². The minimum atomic E-state index is -1.09. The molecule has 0 spiro atoms. The summed E-state index contributed by atoms with van der Waals surface area (Å²) in [5, 5.41) is 31.4. The highest BCUT2D eigenvalue weighted by atomic mass is 16.6. The van der Waals surface area contributed by atoms with Crippen molar-refractivity contribution in [2.24, 2.45) is 0 Å². The van der Waals surface area contributed by atoms with E-state index in [0.717, 1.165) is 0 Å². The molecule has 3 aromatic rings. The zero-order valence-electron chi connectivity index (χ0n) is 15.2. The van der Waals surface area contributed by atoms with Crippen molar-refractivity contribution in [1.82, 2.24) is 0 Å². The Morgan fingerprint density at radius 3 is 2.30 bits per heavy atom. The van der Waals surface area contributed by atoms with Gasteiger partial charge in [0.15, 0.2) is 0 Å². The van der Waals surface area contributed by atoms with Crippen molar-refractivity contribution in [2.45, 2.75) is 0 Å². The summed E-state index contributed by atoms with van der Waals surface area (Å²) in [7, 11) is 0. The lowest BCUT2D eigenvalue weighted by atomic mass is 10.1. The number of nitriles is 1. The van der Waals surface area contributed by atoms with E-state index in [9.17, 15) is 25.0 Å². The Balaban J connectivity index is 1.75. The SMILES string of the molecule is N#C/C(=C\c1ccc(-c2ccc([N+](=O)[O-])cc2)o1)C(=O)Nc1ccc(C(=O)O)cc1. The molecule has 1 aromatic heterocycles. The van der Waals surface area contributed by atoms with E-state index in [2.05, 4.69) is 5.32 Å². The maximum absolute atomic E-state index is 12.3. The first-order valence-electron chi connectivity index (χ1n) is 8.48. The van der Waals surface area contributed by atoms with Gasteiger partial charge in [-0.05, 0) is 48.5 Å². The van der Waals surface area contributed by atoms with Gasteiger partial charge in [0, 0.05) is 29.5 Å². The van der Waals surface area contributed by atoms with E-state index < -0.39 is 16.8 Å². The van der Waals surface area contributed by atoms with E-state index in [1.54, 1.807) is 18.2 Å². The fourth-order valence-electron chi connectivity index (χ4n) is 2.52. The number of furan rings is 1. The third kappa shape index (κ3) is 4.58. The van der Waals surface area contributed by atoms with Gasteiger partial charge in [0.1, 0.15) is 23.2 Å². The van der Waals surface area contributed by atoms with E-state index in [-0.39, 0.29) is 22.6 Å². The molecule has 1 heterocycles. The number of nitrogens with one attached hydrogen (secondary N) is 1. The van der Waals surface area contributed by atoms with Crippen LogP contribution in [0.3, 0.4) is 0 Å². The van der Waals surface area contributed by atoms with Crippen molar-refractivity contribution < 1.29 is 24.0 Å². The van der Waals surface area contributed by atoms with E-state index in [0.29, 0.717) is 17.0 Å². The number of non-ortho nitro benzene ring substituents is 1. The molecule has 3 rings (SSSR count). The molecule has 0 saturated heterocycles. The average Bonchev–Trinajstić information content (AvgIpc) is 3.21. The highest BCUT2D eigenvalue weighted by molar-refractivity contribution is 6.09. The number of carbonyl (C=O) groups excluding carboxylic acids is 1. The maximum Gasteiger partial charge on any atom is 0.335 e. The number of carbonyl (C=O) groups is 2. The molecule has 9 heteroatoms. The molecule has 0 radical (unpaired) electrons. The second-order valence-electron chi connectivity index (χ2n) is 6.01. The summed E-state index contributed by atoms with van der Waals surface area (Å²) < 4.78 is 5.60. The monoisotopic (exact) mass is 403 g/mol. The molecular weight excluding hydrogens is 390 g/mol. The summed E-state index contributed by atoms with van der Waals surface area (Å²) in [4.78, 5) is 33.4. The van der Waals surface area contributed by atoms with Gasteiger partial charge in [0.05, 0.1) is 10.5 Å². The van der Waals surface area contributed by atoms with Crippen LogP contribution in [0.25, 0.3) is 17.4 Å². The molecule has 9 nitrogen and oxygen atoms in total. The summed E-state index contributed by atoms with van der Waals surface area (Å²) in [6, 6.07) is 16.2. The standard InChI is InChI=1S/C21H13N3O6/c22-12-15(20(25)23-16-5-1-14(2-6-16)21(26)27)11-18-9-10-19(30-18)13-3-7-17(8-4-13)24(28)29/h1-11H,(H,23,25)(H,26,27)/b15-11+. The second-order valence-corrected chi connectivity index (χ2v) is 6.01. The molecule has 0 aliphatic carbocycles. The van der Waals surface area contributed by atoms with Gasteiger partial charge in [-0.15, -0.1) is 0 Å². The molecule has 2 aromatic carbocycles. The number of nitro groups is 1. The van der Waals surface area contributed by atoms with E-state index in [1.807, 2.05) is 0 Å². The molecule has 0 fully saturated rings. The van der Waals surface area contributed by atoms with E-state index >= 15 is 0 Å². The molecule has 30 heavy (non-hydrogen) atoms. The molecule has 0 unspecified atom stereocenters. The van der Waals surface area contributed by atoms with Gasteiger partial charge in [0.2, 0.25) is 0 Å². The molecular formula is C21H13N3O6. The number of aromatic carboxylic acids is 1. The second kappa shape index (κ2) is 8.53. The lowest BCUT2D eigenvalue weighted by molar-refractivity contribution is -0.384. The van der Waals surface area contributed by atoms with Gasteiger partial charge in [0.25, 0.3) is 11.6 Å². The smallest absolute Gasteiger partial charge is 0.335 e. The van der Waals surface area contributed by atoms with Gasteiger partial charge in [-0.2, -0.15) is 5.26 Å². The number of amides is 1. The van der Waals surface area contributed by atoms with Crippen LogP contribution in [0, 0.1) is 21.4 Å². The molecule has 0 aliphatic heterocycles. The first kappa shape index (κ1) is 20.0. The maximum atomic E-state index is 12.3. The summed E-state index contributed by atoms with van der Waals surface area (Å²) >= 11 is 0. The van der Waals surface area contributed by atoms with Crippen LogP contribution in [0.4, 0.5) is 11.4 Å². The minimum absolute atomic E-state index is 0.0507. The topological polar surface area (TPSA) is 146 Å². The Morgan fingerprint density at radius 2 is 1.73 bits per heavy atom. The highest BCUT2D eigenvalue weighted by Gasteiger charge is 2.13. The zero-order chi connectivity index (χ0) is 21.7. The Labute approximate surface area is 169 Å². The van der Waals surface area contributed by atoms with Crippen molar-refractivity contribution in [3.8, 4) is 17.4 Å². The number of hydrogen-bond donors (Lipinski definition) is 2. The lowest BCUT2D eigenvalue weighted by Gasteiger charge is -2.04. The molecule has 148 valence electrons. The highest BCUT2D eigenvalue weighted by Crippen LogP contribution is 2.25. The van der Waals surface area contributed by atoms with Crippen molar-refractivity contribution in [3.63, 3.8) is 0 Å². The van der Waals surface area contributed by atoms with Crippen molar-refractivity contribution in [2.75, 3.05) is 5.32 Å². The van der Waals surface area contributed by atoms with Crippen molar-refractivity contribution in [3.05, 3.63) is 87.7 Å². The fourth-order valence-corrected chi connectivity index (χ4v) is 2.52. The summed E-state index contributed by atoms with van der Waals surface area (Å²) in [5.74, 6) is -1.12. The Kier molecular flexibility index (Phi) is 5.70. The van der Waals surface area contributed by atoms with Crippen LogP contribution in [-0.2, 0) is 4.79 Å². The van der Waals surface area contributed by atoms with Gasteiger partial charge in [-0.25, -0.2) is 4.79 Å². The predicted molar refractivity (Wildman–Crippen MR) is 106 cm³/mol. The number of nitro benzene ring substituents is 1. The van der Waals surface area contributed by atoms with Gasteiger partial charge in [-0.3, -0.25) is 14.9 Å². The largest absolute Gasteiger partial charge is 0.478 e. The Morgan fingerprint density at radius 1 is 1.07 bits per heavy atom. The first-order valence-corrected chi connectivity index (χ1v) is 8.48. The lowest BCUT2D eigenvalue weighted by Crippen LogP contribution is -2.13. The predicted octanol–water partition coefficient (Wildman–Crippen LogP) is 4.10. The van der Waals surface area contributed by atoms with Gasteiger partial charge < -0.3 is 14.8 Å². The number of carboxylic acids is 1. The minimum Gasteiger partial charge on any atom is -0.478 e. The molecule has 2 N–H and O–H groups in total. The molecule has 0 saturated carbocycles. The van der Waals surface area contributed by atoms with E-state index in [1.165, 1.54) is 54.6 Å². The summed E-state index contributed by atoms with van der Waals surface area (Å²) in [6.07, 6.45) is 1.26. The molecule has 1 amide bonds. The van der Waals surface area contributed by atoms with E-state index in [4.69, 9.17) is 9.52 Å². The third-order valence-corrected chi connectivity index (χ3v) is 4.03. The van der Waals surface area contributed by atoms with Crippen LogP contribution in [0.5, 0.6) is 0 Å². The molecule has 0 atom stereocenters. The van der Waals surface area contributed by atoms with Gasteiger partial charge in [-0.1, -0.05) is 0 Å². The van der Waals surface area contributed by atoms with Crippen LogP contribution in [-0.4, -0.2) is 21.9 Å². The Hall–Kier alpha value is -4.71. The van der Waals surface area contributed by atoms with Gasteiger partial charge >= 0.3 is 5.97 Å². The summed E-state index contributed by atoms with van der Waals surface area (Å²) in [5.41, 5.74) is 0.726. The first-order chi connectivity index (χ1) is 14.4. The Bertz CT molecular complexity index is 1180. The average molecular weight is 403 g/mol. The van der Waals surface area contributed by atoms with Crippen molar-refractivity contribution >= 4 is 29.3 Å². The van der Waals surface area contributed by atoms with Crippen LogP contribution in [0.1, 0.15) is 16.1 Å².